The van der Waals surface area contributed by atoms with E-state index in [2.05, 4.69) is 51.8 Å². The third-order valence-corrected chi connectivity index (χ3v) is 3.58. The van der Waals surface area contributed by atoms with Gasteiger partial charge in [-0.1, -0.05) is 11.6 Å². The van der Waals surface area contributed by atoms with Gasteiger partial charge in [0.15, 0.2) is 0 Å². The third kappa shape index (κ3) is 1.53. The van der Waals surface area contributed by atoms with Gasteiger partial charge in [0, 0.05) is 17.8 Å². The van der Waals surface area contributed by atoms with Gasteiger partial charge in [-0.25, -0.2) is 0 Å². The molecule has 0 saturated carbocycles. The Morgan fingerprint density at radius 1 is 0.950 bits per heavy atom. The second-order valence-electron chi connectivity index (χ2n) is 4.94. The van der Waals surface area contributed by atoms with Crippen LogP contribution in [0.1, 0.15) is 5.56 Å². The maximum Gasteiger partial charge on any atom is 0.0963 e. The van der Waals surface area contributed by atoms with Gasteiger partial charge in [-0.05, 0) is 43.3 Å². The summed E-state index contributed by atoms with van der Waals surface area (Å²) in [7, 11) is 0. The fourth-order valence-electron chi connectivity index (χ4n) is 2.71. The Balaban J connectivity index is 2.22. The van der Waals surface area contributed by atoms with Crippen LogP contribution < -0.4 is 0 Å². The molecule has 1 aromatic carbocycles. The SMILES string of the molecule is Cc1ccc2c(c1)c1ncccc1n2-c1cccnc1. The molecular formula is C17H13N3. The van der Waals surface area contributed by atoms with Gasteiger partial charge >= 0.3 is 0 Å². The van der Waals surface area contributed by atoms with Gasteiger partial charge in [0.05, 0.1) is 28.4 Å². The zero-order valence-corrected chi connectivity index (χ0v) is 11.1. The number of rotatable bonds is 1. The van der Waals surface area contributed by atoms with Crippen LogP contribution in [0.5, 0.6) is 0 Å². The standard InChI is InChI=1S/C17H13N3/c1-12-6-7-15-14(10-12)17-16(5-3-9-19-17)20(15)13-4-2-8-18-11-13/h2-11H,1H3. The van der Waals surface area contributed by atoms with Crippen molar-refractivity contribution < 1.29 is 0 Å². The lowest BCUT2D eigenvalue weighted by Gasteiger charge is -2.06. The van der Waals surface area contributed by atoms with E-state index in [4.69, 9.17) is 0 Å². The zero-order valence-electron chi connectivity index (χ0n) is 11.1. The summed E-state index contributed by atoms with van der Waals surface area (Å²) < 4.78 is 2.21. The van der Waals surface area contributed by atoms with Crippen molar-refractivity contribution in [1.29, 1.82) is 0 Å². The molecule has 0 saturated heterocycles. The van der Waals surface area contributed by atoms with E-state index >= 15 is 0 Å². The van der Waals surface area contributed by atoms with Crippen molar-refractivity contribution in [1.82, 2.24) is 14.5 Å². The van der Waals surface area contributed by atoms with E-state index in [9.17, 15) is 0 Å². The number of pyridine rings is 2. The van der Waals surface area contributed by atoms with Crippen molar-refractivity contribution >= 4 is 21.9 Å². The lowest BCUT2D eigenvalue weighted by Crippen LogP contribution is -1.94. The van der Waals surface area contributed by atoms with E-state index in [1.165, 1.54) is 10.9 Å². The van der Waals surface area contributed by atoms with Crippen LogP contribution in [0.3, 0.4) is 0 Å². The quantitative estimate of drug-likeness (QED) is 0.519. The van der Waals surface area contributed by atoms with Crippen molar-refractivity contribution in [3.8, 4) is 5.69 Å². The van der Waals surface area contributed by atoms with Crippen LogP contribution >= 0.6 is 0 Å². The molecule has 3 heteroatoms. The average molecular weight is 259 g/mol. The minimum Gasteiger partial charge on any atom is -0.306 e. The second-order valence-corrected chi connectivity index (χ2v) is 4.94. The summed E-state index contributed by atoms with van der Waals surface area (Å²) in [5.41, 5.74) is 5.62. The summed E-state index contributed by atoms with van der Waals surface area (Å²) in [4.78, 5) is 8.79. The van der Waals surface area contributed by atoms with Gasteiger partial charge in [0.25, 0.3) is 0 Å². The molecule has 0 aliphatic heterocycles. The summed E-state index contributed by atoms with van der Waals surface area (Å²) >= 11 is 0. The molecule has 4 aromatic rings. The molecule has 0 amide bonds. The molecule has 0 aliphatic carbocycles. The van der Waals surface area contributed by atoms with Crippen LogP contribution in [-0.2, 0) is 0 Å². The molecule has 0 N–H and O–H groups in total. The van der Waals surface area contributed by atoms with Crippen LogP contribution in [0.15, 0.2) is 61.1 Å². The normalized spacial score (nSPS) is 11.2. The molecule has 3 aromatic heterocycles. The fraction of sp³-hybridized carbons (Fsp3) is 0.0588. The molecule has 3 nitrogen and oxygen atoms in total. The minimum atomic E-state index is 1.04. The van der Waals surface area contributed by atoms with E-state index < -0.39 is 0 Å². The first-order valence-electron chi connectivity index (χ1n) is 6.61. The van der Waals surface area contributed by atoms with E-state index in [0.717, 1.165) is 22.2 Å². The smallest absolute Gasteiger partial charge is 0.0963 e. The number of aromatic nitrogens is 3. The van der Waals surface area contributed by atoms with Crippen LogP contribution in [0.2, 0.25) is 0 Å². The van der Waals surface area contributed by atoms with Crippen molar-refractivity contribution in [3.63, 3.8) is 0 Å². The van der Waals surface area contributed by atoms with E-state index in [1.54, 1.807) is 6.20 Å². The number of fused-ring (bicyclic) bond motifs is 3. The predicted molar refractivity (Wildman–Crippen MR) is 81.1 cm³/mol. The first-order chi connectivity index (χ1) is 9.84. The van der Waals surface area contributed by atoms with Crippen molar-refractivity contribution in [2.45, 2.75) is 6.92 Å². The molecule has 96 valence electrons. The van der Waals surface area contributed by atoms with Gasteiger partial charge < -0.3 is 4.57 Å². The van der Waals surface area contributed by atoms with Crippen molar-refractivity contribution in [2.75, 3.05) is 0 Å². The highest BCUT2D eigenvalue weighted by Crippen LogP contribution is 2.30. The highest BCUT2D eigenvalue weighted by molar-refractivity contribution is 6.07. The fourth-order valence-corrected chi connectivity index (χ4v) is 2.71. The number of aryl methyl sites for hydroxylation is 1. The van der Waals surface area contributed by atoms with Gasteiger partial charge in [0.1, 0.15) is 0 Å². The van der Waals surface area contributed by atoms with Gasteiger partial charge in [-0.2, -0.15) is 0 Å². The van der Waals surface area contributed by atoms with Crippen LogP contribution in [-0.4, -0.2) is 14.5 Å². The van der Waals surface area contributed by atoms with Crippen molar-refractivity contribution in [3.05, 3.63) is 66.6 Å². The maximum absolute atomic E-state index is 4.56. The number of nitrogens with zero attached hydrogens (tertiary/aromatic N) is 3. The van der Waals surface area contributed by atoms with E-state index in [-0.39, 0.29) is 0 Å². The Morgan fingerprint density at radius 2 is 1.85 bits per heavy atom. The summed E-state index contributed by atoms with van der Waals surface area (Å²) in [5, 5.41) is 1.18. The van der Waals surface area contributed by atoms with Crippen LogP contribution in [0, 0.1) is 6.92 Å². The molecular weight excluding hydrogens is 246 g/mol. The van der Waals surface area contributed by atoms with Crippen LogP contribution in [0.4, 0.5) is 0 Å². The molecule has 0 fully saturated rings. The van der Waals surface area contributed by atoms with Crippen molar-refractivity contribution in [2.24, 2.45) is 0 Å². The lowest BCUT2D eigenvalue weighted by atomic mass is 10.1. The first-order valence-corrected chi connectivity index (χ1v) is 6.61. The Hall–Kier alpha value is -2.68. The van der Waals surface area contributed by atoms with Crippen LogP contribution in [0.25, 0.3) is 27.6 Å². The molecule has 0 spiro atoms. The highest BCUT2D eigenvalue weighted by atomic mass is 15.0. The molecule has 4 rings (SSSR count). The Kier molecular flexibility index (Phi) is 2.33. The minimum absolute atomic E-state index is 1.04. The maximum atomic E-state index is 4.56. The number of benzene rings is 1. The van der Waals surface area contributed by atoms with Gasteiger partial charge in [-0.15, -0.1) is 0 Å². The van der Waals surface area contributed by atoms with E-state index in [0.29, 0.717) is 0 Å². The topological polar surface area (TPSA) is 30.7 Å². The molecule has 0 bridgehead atoms. The summed E-state index contributed by atoms with van der Waals surface area (Å²) in [6.45, 7) is 2.11. The summed E-state index contributed by atoms with van der Waals surface area (Å²) in [6.07, 6.45) is 5.52. The molecule has 0 atom stereocenters. The van der Waals surface area contributed by atoms with Gasteiger partial charge in [0.2, 0.25) is 0 Å². The number of hydrogen-bond donors (Lipinski definition) is 0. The summed E-state index contributed by atoms with van der Waals surface area (Å²) in [5.74, 6) is 0. The molecule has 0 aliphatic rings. The first kappa shape index (κ1) is 11.2. The molecule has 0 unspecified atom stereocenters. The predicted octanol–water partition coefficient (Wildman–Crippen LogP) is 3.88. The Labute approximate surface area is 116 Å². The molecule has 3 heterocycles. The average Bonchev–Trinajstić information content (AvgIpc) is 2.82. The van der Waals surface area contributed by atoms with Gasteiger partial charge in [-0.3, -0.25) is 9.97 Å². The van der Waals surface area contributed by atoms with E-state index in [1.807, 2.05) is 24.5 Å². The second kappa shape index (κ2) is 4.17. The largest absolute Gasteiger partial charge is 0.306 e. The zero-order chi connectivity index (χ0) is 13.5. The third-order valence-electron chi connectivity index (χ3n) is 3.58. The highest BCUT2D eigenvalue weighted by Gasteiger charge is 2.12. The Bertz CT molecular complexity index is 907. The Morgan fingerprint density at radius 3 is 2.70 bits per heavy atom. The molecule has 20 heavy (non-hydrogen) atoms. The number of hydrogen-bond acceptors (Lipinski definition) is 2. The lowest BCUT2D eigenvalue weighted by molar-refractivity contribution is 1.14. The monoisotopic (exact) mass is 259 g/mol. The molecule has 0 radical (unpaired) electrons. The summed E-state index contributed by atoms with van der Waals surface area (Å²) in [6, 6.07) is 14.6.